The van der Waals surface area contributed by atoms with Crippen LogP contribution in [0.4, 0.5) is 10.2 Å². The first-order valence-corrected chi connectivity index (χ1v) is 6.45. The van der Waals surface area contributed by atoms with Crippen LogP contribution in [0.3, 0.4) is 0 Å². The molecule has 108 valence electrons. The van der Waals surface area contributed by atoms with E-state index in [2.05, 4.69) is 10.2 Å². The Kier molecular flexibility index (Phi) is 3.45. The van der Waals surface area contributed by atoms with Gasteiger partial charge in [0.15, 0.2) is 5.76 Å². The molecule has 0 saturated carbocycles. The van der Waals surface area contributed by atoms with E-state index in [4.69, 9.17) is 15.3 Å². The molecule has 2 heterocycles. The molecule has 0 atom stereocenters. The van der Waals surface area contributed by atoms with Gasteiger partial charge >= 0.3 is 0 Å². The molecule has 0 aliphatic heterocycles. The molecule has 0 amide bonds. The maximum atomic E-state index is 13.8. The van der Waals surface area contributed by atoms with E-state index in [1.54, 1.807) is 30.3 Å². The minimum absolute atomic E-state index is 0.192. The molecule has 0 spiro atoms. The van der Waals surface area contributed by atoms with Crippen LogP contribution < -0.4 is 5.73 Å². The number of hydrogen-bond acceptors (Lipinski definition) is 4. The number of hydrogen-bond donors (Lipinski definition) is 3. The van der Waals surface area contributed by atoms with E-state index >= 15 is 0 Å². The van der Waals surface area contributed by atoms with Gasteiger partial charge in [0.25, 0.3) is 0 Å². The number of anilines is 1. The maximum absolute atomic E-state index is 13.8. The molecule has 0 aliphatic rings. The van der Waals surface area contributed by atoms with Crippen LogP contribution in [0.15, 0.2) is 40.8 Å². The van der Waals surface area contributed by atoms with Gasteiger partial charge in [0.05, 0.1) is 0 Å². The Morgan fingerprint density at radius 2 is 2.05 bits per heavy atom. The SMILES string of the molecule is Nc1[nH]nc(-c2ccc(CO)o2)c1Cc1ccccc1F. The molecular weight excluding hydrogens is 273 g/mol. The molecule has 0 unspecified atom stereocenters. The number of nitrogens with one attached hydrogen (secondary N) is 1. The number of nitrogens with zero attached hydrogens (tertiary/aromatic N) is 1. The van der Waals surface area contributed by atoms with Crippen molar-refractivity contribution in [1.29, 1.82) is 0 Å². The number of benzene rings is 1. The van der Waals surface area contributed by atoms with Crippen molar-refractivity contribution in [2.75, 3.05) is 5.73 Å². The monoisotopic (exact) mass is 287 g/mol. The van der Waals surface area contributed by atoms with Gasteiger partial charge in [0, 0.05) is 12.0 Å². The first-order valence-electron chi connectivity index (χ1n) is 6.45. The summed E-state index contributed by atoms with van der Waals surface area (Å²) >= 11 is 0. The van der Waals surface area contributed by atoms with E-state index in [1.807, 2.05) is 0 Å². The second-order valence-corrected chi connectivity index (χ2v) is 4.66. The summed E-state index contributed by atoms with van der Waals surface area (Å²) in [7, 11) is 0. The third-order valence-electron chi connectivity index (χ3n) is 3.28. The van der Waals surface area contributed by atoms with Crippen LogP contribution in [-0.4, -0.2) is 15.3 Å². The molecule has 0 bridgehead atoms. The highest BCUT2D eigenvalue weighted by Crippen LogP contribution is 2.29. The predicted octanol–water partition coefficient (Wildman–Crippen LogP) is 2.47. The van der Waals surface area contributed by atoms with Crippen LogP contribution in [0, 0.1) is 5.82 Å². The second kappa shape index (κ2) is 5.41. The molecule has 21 heavy (non-hydrogen) atoms. The van der Waals surface area contributed by atoms with Gasteiger partial charge in [-0.05, 0) is 23.8 Å². The normalized spacial score (nSPS) is 11.0. The van der Waals surface area contributed by atoms with Crippen molar-refractivity contribution in [1.82, 2.24) is 10.2 Å². The van der Waals surface area contributed by atoms with Gasteiger partial charge in [-0.1, -0.05) is 18.2 Å². The Hall–Kier alpha value is -2.60. The Bertz CT molecular complexity index is 764. The number of furan rings is 1. The molecule has 3 aromatic rings. The topological polar surface area (TPSA) is 88.1 Å². The zero-order valence-electron chi connectivity index (χ0n) is 11.1. The van der Waals surface area contributed by atoms with Crippen molar-refractivity contribution in [3.63, 3.8) is 0 Å². The number of aliphatic hydroxyl groups excluding tert-OH is 1. The summed E-state index contributed by atoms with van der Waals surface area (Å²) in [5, 5.41) is 15.8. The van der Waals surface area contributed by atoms with E-state index in [0.29, 0.717) is 40.6 Å². The molecule has 0 saturated heterocycles. The van der Waals surface area contributed by atoms with Crippen LogP contribution in [0.2, 0.25) is 0 Å². The molecule has 3 rings (SSSR count). The highest BCUT2D eigenvalue weighted by Gasteiger charge is 2.17. The highest BCUT2D eigenvalue weighted by atomic mass is 19.1. The predicted molar refractivity (Wildman–Crippen MR) is 75.8 cm³/mol. The summed E-state index contributed by atoms with van der Waals surface area (Å²) in [5.74, 6) is 0.997. The van der Waals surface area contributed by atoms with E-state index in [9.17, 15) is 4.39 Å². The number of aromatic nitrogens is 2. The van der Waals surface area contributed by atoms with Gasteiger partial charge in [-0.25, -0.2) is 4.39 Å². The minimum Gasteiger partial charge on any atom is -0.457 e. The summed E-state index contributed by atoms with van der Waals surface area (Å²) in [6.07, 6.45) is 0.305. The van der Waals surface area contributed by atoms with Crippen molar-refractivity contribution in [2.24, 2.45) is 0 Å². The van der Waals surface area contributed by atoms with Crippen LogP contribution >= 0.6 is 0 Å². The zero-order chi connectivity index (χ0) is 14.8. The molecule has 0 aliphatic carbocycles. The molecule has 1 aromatic carbocycles. The quantitative estimate of drug-likeness (QED) is 0.688. The largest absolute Gasteiger partial charge is 0.457 e. The van der Waals surface area contributed by atoms with E-state index in [1.165, 1.54) is 6.07 Å². The van der Waals surface area contributed by atoms with Gasteiger partial charge < -0.3 is 15.3 Å². The standard InChI is InChI=1S/C15H14FN3O2/c16-12-4-2-1-3-9(12)7-11-14(18-19-15(11)17)13-6-5-10(8-20)21-13/h1-6,20H,7-8H2,(H3,17,18,19). The van der Waals surface area contributed by atoms with Crippen molar-refractivity contribution >= 4 is 5.82 Å². The lowest BCUT2D eigenvalue weighted by atomic mass is 10.0. The third kappa shape index (κ3) is 2.53. The number of aliphatic hydroxyl groups is 1. The fourth-order valence-corrected chi connectivity index (χ4v) is 2.18. The number of nitrogen functional groups attached to an aromatic ring is 1. The first kappa shape index (κ1) is 13.4. The molecule has 4 N–H and O–H groups in total. The molecular formula is C15H14FN3O2. The smallest absolute Gasteiger partial charge is 0.155 e. The summed E-state index contributed by atoms with van der Waals surface area (Å²) in [4.78, 5) is 0. The summed E-state index contributed by atoms with van der Waals surface area (Å²) < 4.78 is 19.2. The Morgan fingerprint density at radius 3 is 2.76 bits per heavy atom. The average molecular weight is 287 g/mol. The fraction of sp³-hybridized carbons (Fsp3) is 0.133. The maximum Gasteiger partial charge on any atom is 0.155 e. The number of nitrogens with two attached hydrogens (primary N) is 1. The van der Waals surface area contributed by atoms with Gasteiger partial charge in [-0.15, -0.1) is 0 Å². The lowest BCUT2D eigenvalue weighted by molar-refractivity contribution is 0.248. The number of rotatable bonds is 4. The van der Waals surface area contributed by atoms with Gasteiger partial charge in [0.2, 0.25) is 0 Å². The molecule has 2 aromatic heterocycles. The average Bonchev–Trinajstić information content (AvgIpc) is 3.09. The van der Waals surface area contributed by atoms with Crippen molar-refractivity contribution in [3.05, 3.63) is 59.1 Å². The van der Waals surface area contributed by atoms with E-state index < -0.39 is 0 Å². The lowest BCUT2D eigenvalue weighted by Gasteiger charge is -2.04. The number of aromatic amines is 1. The van der Waals surface area contributed by atoms with Crippen LogP contribution in [0.1, 0.15) is 16.9 Å². The Labute approximate surface area is 120 Å². The Balaban J connectivity index is 1.99. The van der Waals surface area contributed by atoms with E-state index in [-0.39, 0.29) is 12.4 Å². The molecule has 0 fully saturated rings. The van der Waals surface area contributed by atoms with E-state index in [0.717, 1.165) is 0 Å². The van der Waals surface area contributed by atoms with Crippen molar-refractivity contribution < 1.29 is 13.9 Å². The summed E-state index contributed by atoms with van der Waals surface area (Å²) in [5.41, 5.74) is 7.60. The van der Waals surface area contributed by atoms with Crippen molar-refractivity contribution in [2.45, 2.75) is 13.0 Å². The fourth-order valence-electron chi connectivity index (χ4n) is 2.18. The molecule has 5 nitrogen and oxygen atoms in total. The number of H-pyrrole nitrogens is 1. The molecule has 0 radical (unpaired) electrons. The number of halogens is 1. The Morgan fingerprint density at radius 1 is 1.24 bits per heavy atom. The van der Waals surface area contributed by atoms with Crippen molar-refractivity contribution in [3.8, 4) is 11.5 Å². The van der Waals surface area contributed by atoms with Gasteiger partial charge in [-0.3, -0.25) is 5.10 Å². The third-order valence-corrected chi connectivity index (χ3v) is 3.28. The van der Waals surface area contributed by atoms with Gasteiger partial charge in [-0.2, -0.15) is 5.10 Å². The van der Waals surface area contributed by atoms with Crippen LogP contribution in [-0.2, 0) is 13.0 Å². The summed E-state index contributed by atoms with van der Waals surface area (Å²) in [6, 6.07) is 9.87. The first-order chi connectivity index (χ1) is 10.2. The zero-order valence-corrected chi connectivity index (χ0v) is 11.1. The highest BCUT2D eigenvalue weighted by molar-refractivity contribution is 5.65. The second-order valence-electron chi connectivity index (χ2n) is 4.66. The van der Waals surface area contributed by atoms with Crippen LogP contribution in [0.5, 0.6) is 0 Å². The lowest BCUT2D eigenvalue weighted by Crippen LogP contribution is -1.97. The summed E-state index contributed by atoms with van der Waals surface area (Å²) in [6.45, 7) is -0.192. The van der Waals surface area contributed by atoms with Gasteiger partial charge in [0.1, 0.15) is 29.7 Å². The minimum atomic E-state index is -0.292. The molecule has 6 heteroatoms. The van der Waals surface area contributed by atoms with Crippen LogP contribution in [0.25, 0.3) is 11.5 Å².